The molecule has 4 heteroatoms. The number of methoxy groups -OCH3 is 1. The maximum atomic E-state index is 5.76. The average molecular weight is 306 g/mol. The summed E-state index contributed by atoms with van der Waals surface area (Å²) in [6.07, 6.45) is 1.16. The van der Waals surface area contributed by atoms with Crippen molar-refractivity contribution in [2.45, 2.75) is 33.2 Å². The van der Waals surface area contributed by atoms with E-state index in [0.717, 1.165) is 44.1 Å². The van der Waals surface area contributed by atoms with Crippen molar-refractivity contribution >= 4 is 0 Å². The summed E-state index contributed by atoms with van der Waals surface area (Å²) < 4.78 is 11.2. The Bertz CT molecular complexity index is 456. The van der Waals surface area contributed by atoms with E-state index in [4.69, 9.17) is 9.47 Å². The van der Waals surface area contributed by atoms with Crippen molar-refractivity contribution in [3.63, 3.8) is 0 Å². The quantitative estimate of drug-likeness (QED) is 0.839. The van der Waals surface area contributed by atoms with E-state index in [-0.39, 0.29) is 0 Å². The molecule has 0 bridgehead atoms. The maximum Gasteiger partial charge on any atom is 0.161 e. The van der Waals surface area contributed by atoms with Gasteiger partial charge in [-0.3, -0.25) is 4.90 Å². The standard InChI is InChI=1S/C18H30N2O2/c1-5-22-18-13-15(6-7-17(18)21-4)16(12-14(2)3)20-10-8-19-9-11-20/h6-7,13-14,16,19H,5,8-12H2,1-4H3/t16-/m1/s1. The number of nitrogens with zero attached hydrogens (tertiary/aromatic N) is 1. The van der Waals surface area contributed by atoms with Crippen LogP contribution in [-0.2, 0) is 0 Å². The Balaban J connectivity index is 2.27. The minimum atomic E-state index is 0.451. The fraction of sp³-hybridized carbons (Fsp3) is 0.667. The summed E-state index contributed by atoms with van der Waals surface area (Å²) in [4.78, 5) is 2.59. The van der Waals surface area contributed by atoms with Crippen LogP contribution < -0.4 is 14.8 Å². The second-order valence-electron chi connectivity index (χ2n) is 6.27. The Hall–Kier alpha value is -1.26. The molecule has 22 heavy (non-hydrogen) atoms. The molecule has 1 aromatic rings. The average Bonchev–Trinajstić information content (AvgIpc) is 2.53. The summed E-state index contributed by atoms with van der Waals surface area (Å²) >= 11 is 0. The first-order valence-electron chi connectivity index (χ1n) is 8.41. The zero-order chi connectivity index (χ0) is 15.9. The normalized spacial score (nSPS) is 17.5. The van der Waals surface area contributed by atoms with Crippen LogP contribution >= 0.6 is 0 Å². The molecule has 1 heterocycles. The Kier molecular flexibility index (Phi) is 6.52. The number of hydrogen-bond donors (Lipinski definition) is 1. The highest BCUT2D eigenvalue weighted by Gasteiger charge is 2.24. The Labute approximate surface area is 134 Å². The van der Waals surface area contributed by atoms with Gasteiger partial charge in [0, 0.05) is 32.2 Å². The highest BCUT2D eigenvalue weighted by molar-refractivity contribution is 5.44. The van der Waals surface area contributed by atoms with E-state index in [1.807, 2.05) is 13.0 Å². The van der Waals surface area contributed by atoms with Gasteiger partial charge in [0.1, 0.15) is 0 Å². The van der Waals surface area contributed by atoms with Gasteiger partial charge in [-0.05, 0) is 37.0 Å². The summed E-state index contributed by atoms with van der Waals surface area (Å²) in [6.45, 7) is 11.6. The largest absolute Gasteiger partial charge is 0.493 e. The molecule has 124 valence electrons. The minimum absolute atomic E-state index is 0.451. The summed E-state index contributed by atoms with van der Waals surface area (Å²) in [5, 5.41) is 3.44. The number of hydrogen-bond acceptors (Lipinski definition) is 4. The molecule has 0 radical (unpaired) electrons. The third-order valence-corrected chi connectivity index (χ3v) is 4.16. The molecule has 1 aliphatic rings. The molecule has 0 aromatic heterocycles. The second kappa shape index (κ2) is 8.39. The second-order valence-corrected chi connectivity index (χ2v) is 6.27. The molecule has 1 atom stereocenters. The highest BCUT2D eigenvalue weighted by Crippen LogP contribution is 2.35. The van der Waals surface area contributed by atoms with Crippen LogP contribution in [0, 0.1) is 5.92 Å². The molecule has 0 saturated carbocycles. The van der Waals surface area contributed by atoms with E-state index in [1.165, 1.54) is 5.56 Å². The molecular formula is C18H30N2O2. The van der Waals surface area contributed by atoms with E-state index < -0.39 is 0 Å². The Morgan fingerprint density at radius 1 is 1.18 bits per heavy atom. The van der Waals surface area contributed by atoms with Crippen molar-refractivity contribution < 1.29 is 9.47 Å². The zero-order valence-corrected chi connectivity index (χ0v) is 14.4. The van der Waals surface area contributed by atoms with Gasteiger partial charge in [0.25, 0.3) is 0 Å². The van der Waals surface area contributed by atoms with E-state index in [1.54, 1.807) is 7.11 Å². The van der Waals surface area contributed by atoms with E-state index in [2.05, 4.69) is 36.2 Å². The van der Waals surface area contributed by atoms with E-state index in [9.17, 15) is 0 Å². The van der Waals surface area contributed by atoms with Gasteiger partial charge >= 0.3 is 0 Å². The van der Waals surface area contributed by atoms with Crippen LogP contribution in [0.15, 0.2) is 18.2 Å². The van der Waals surface area contributed by atoms with Crippen LogP contribution in [0.25, 0.3) is 0 Å². The minimum Gasteiger partial charge on any atom is -0.493 e. The third kappa shape index (κ3) is 4.37. The molecule has 1 aromatic carbocycles. The van der Waals surface area contributed by atoms with E-state index >= 15 is 0 Å². The molecule has 0 amide bonds. The molecule has 0 aliphatic carbocycles. The van der Waals surface area contributed by atoms with Crippen molar-refractivity contribution in [2.24, 2.45) is 5.92 Å². The van der Waals surface area contributed by atoms with Gasteiger partial charge in [0.05, 0.1) is 13.7 Å². The smallest absolute Gasteiger partial charge is 0.161 e. The number of rotatable bonds is 7. The van der Waals surface area contributed by atoms with Crippen molar-refractivity contribution in [3.05, 3.63) is 23.8 Å². The van der Waals surface area contributed by atoms with Gasteiger partial charge in [0.2, 0.25) is 0 Å². The molecule has 0 spiro atoms. The van der Waals surface area contributed by atoms with Gasteiger partial charge in [-0.1, -0.05) is 19.9 Å². The topological polar surface area (TPSA) is 33.7 Å². The monoisotopic (exact) mass is 306 g/mol. The first-order chi connectivity index (χ1) is 10.7. The summed E-state index contributed by atoms with van der Waals surface area (Å²) in [7, 11) is 1.69. The molecule has 0 unspecified atom stereocenters. The maximum absolute atomic E-state index is 5.76. The molecular weight excluding hydrogens is 276 g/mol. The molecule has 4 nitrogen and oxygen atoms in total. The van der Waals surface area contributed by atoms with Crippen LogP contribution in [0.2, 0.25) is 0 Å². The van der Waals surface area contributed by atoms with Gasteiger partial charge < -0.3 is 14.8 Å². The highest BCUT2D eigenvalue weighted by atomic mass is 16.5. The zero-order valence-electron chi connectivity index (χ0n) is 14.4. The predicted octanol–water partition coefficient (Wildman–Crippen LogP) is 3.09. The number of benzene rings is 1. The fourth-order valence-corrected chi connectivity index (χ4v) is 3.11. The number of ether oxygens (including phenoxy) is 2. The number of nitrogens with one attached hydrogen (secondary N) is 1. The van der Waals surface area contributed by atoms with Crippen molar-refractivity contribution in [3.8, 4) is 11.5 Å². The van der Waals surface area contributed by atoms with Crippen molar-refractivity contribution in [2.75, 3.05) is 39.9 Å². The van der Waals surface area contributed by atoms with Crippen molar-refractivity contribution in [1.29, 1.82) is 0 Å². The van der Waals surface area contributed by atoms with Crippen LogP contribution in [0.5, 0.6) is 11.5 Å². The Morgan fingerprint density at radius 2 is 1.91 bits per heavy atom. The first-order valence-corrected chi connectivity index (χ1v) is 8.41. The van der Waals surface area contributed by atoms with Gasteiger partial charge in [-0.15, -0.1) is 0 Å². The summed E-state index contributed by atoms with van der Waals surface area (Å²) in [5.41, 5.74) is 1.33. The lowest BCUT2D eigenvalue weighted by molar-refractivity contribution is 0.153. The summed E-state index contributed by atoms with van der Waals surface area (Å²) in [5.74, 6) is 2.33. The molecule has 1 saturated heterocycles. The van der Waals surface area contributed by atoms with Crippen molar-refractivity contribution in [1.82, 2.24) is 10.2 Å². The van der Waals surface area contributed by atoms with Gasteiger partial charge in [0.15, 0.2) is 11.5 Å². The predicted molar refractivity (Wildman–Crippen MR) is 90.8 cm³/mol. The van der Waals surface area contributed by atoms with Crippen LogP contribution in [0.4, 0.5) is 0 Å². The fourth-order valence-electron chi connectivity index (χ4n) is 3.11. The molecule has 2 rings (SSSR count). The lowest BCUT2D eigenvalue weighted by Gasteiger charge is -2.36. The number of piperazine rings is 1. The molecule has 1 N–H and O–H groups in total. The van der Waals surface area contributed by atoms with Crippen LogP contribution in [0.3, 0.4) is 0 Å². The SMILES string of the molecule is CCOc1cc([C@@H](CC(C)C)N2CCNCC2)ccc1OC. The molecule has 1 aliphatic heterocycles. The van der Waals surface area contributed by atoms with Crippen LogP contribution in [0.1, 0.15) is 38.8 Å². The van der Waals surface area contributed by atoms with E-state index in [0.29, 0.717) is 18.6 Å². The Morgan fingerprint density at radius 3 is 2.50 bits per heavy atom. The van der Waals surface area contributed by atoms with Crippen LogP contribution in [-0.4, -0.2) is 44.8 Å². The summed E-state index contributed by atoms with van der Waals surface area (Å²) in [6, 6.07) is 6.84. The lowest BCUT2D eigenvalue weighted by atomic mass is 9.94. The third-order valence-electron chi connectivity index (χ3n) is 4.16. The first kappa shape index (κ1) is 17.1. The molecule has 1 fully saturated rings. The van der Waals surface area contributed by atoms with Gasteiger partial charge in [-0.2, -0.15) is 0 Å². The van der Waals surface area contributed by atoms with Gasteiger partial charge in [-0.25, -0.2) is 0 Å². The lowest BCUT2D eigenvalue weighted by Crippen LogP contribution is -2.45.